The Hall–Kier alpha value is -1.92. The van der Waals surface area contributed by atoms with Gasteiger partial charge in [-0.3, -0.25) is 4.79 Å². The van der Waals surface area contributed by atoms with E-state index in [2.05, 4.69) is 10.1 Å². The van der Waals surface area contributed by atoms with Gasteiger partial charge in [0, 0.05) is 13.1 Å². The van der Waals surface area contributed by atoms with Crippen molar-refractivity contribution in [2.24, 2.45) is 0 Å². The number of ether oxygens (including phenoxy) is 1. The number of anilines is 1. The molecule has 1 aliphatic rings. The van der Waals surface area contributed by atoms with Gasteiger partial charge in [-0.1, -0.05) is 31.4 Å². The average Bonchev–Trinajstić information content (AvgIpc) is 2.52. The average molecular weight is 330 g/mol. The Kier molecular flexibility index (Phi) is 5.74. The van der Waals surface area contributed by atoms with Crippen molar-refractivity contribution in [3.63, 3.8) is 0 Å². The number of nitrogens with one attached hydrogen (secondary N) is 1. The summed E-state index contributed by atoms with van der Waals surface area (Å²) in [6, 6.07) is 5.92. The van der Waals surface area contributed by atoms with Gasteiger partial charge in [-0.05, 0) is 25.0 Å². The zero-order valence-corrected chi connectivity index (χ0v) is 13.0. The predicted octanol–water partition coefficient (Wildman–Crippen LogP) is 3.79. The van der Waals surface area contributed by atoms with Crippen molar-refractivity contribution in [3.05, 3.63) is 24.3 Å². The van der Waals surface area contributed by atoms with E-state index < -0.39 is 6.36 Å². The Morgan fingerprint density at radius 2 is 1.91 bits per heavy atom. The van der Waals surface area contributed by atoms with E-state index in [9.17, 15) is 18.0 Å². The van der Waals surface area contributed by atoms with E-state index in [4.69, 9.17) is 0 Å². The summed E-state index contributed by atoms with van der Waals surface area (Å²) in [5.74, 6) is -0.480. The lowest BCUT2D eigenvalue weighted by atomic mass is 9.94. The molecule has 0 heterocycles. The summed E-state index contributed by atoms with van der Waals surface area (Å²) in [6.07, 6.45) is 0.613. The van der Waals surface area contributed by atoms with Crippen LogP contribution < -0.4 is 10.1 Å². The SMILES string of the molecule is CN(C(=O)CNc1ccccc1OC(F)(F)F)C1CCCCC1. The number of hydrogen-bond donors (Lipinski definition) is 1. The second-order valence-electron chi connectivity index (χ2n) is 5.69. The molecule has 0 bridgehead atoms. The lowest BCUT2D eigenvalue weighted by molar-refractivity contribution is -0.274. The maximum atomic E-state index is 12.4. The van der Waals surface area contributed by atoms with Crippen LogP contribution in [0.2, 0.25) is 0 Å². The molecule has 1 amide bonds. The molecule has 1 aromatic carbocycles. The molecule has 7 heteroatoms. The first-order chi connectivity index (χ1) is 10.9. The summed E-state index contributed by atoms with van der Waals surface area (Å²) >= 11 is 0. The van der Waals surface area contributed by atoms with Gasteiger partial charge >= 0.3 is 6.36 Å². The Bertz CT molecular complexity index is 528. The molecule has 0 spiro atoms. The van der Waals surface area contributed by atoms with Gasteiger partial charge in [0.1, 0.15) is 0 Å². The maximum Gasteiger partial charge on any atom is 0.573 e. The van der Waals surface area contributed by atoms with Crippen molar-refractivity contribution in [3.8, 4) is 5.75 Å². The number of carbonyl (C=O) groups excluding carboxylic acids is 1. The van der Waals surface area contributed by atoms with Crippen molar-refractivity contribution in [1.29, 1.82) is 0 Å². The topological polar surface area (TPSA) is 41.6 Å². The highest BCUT2D eigenvalue weighted by atomic mass is 19.4. The van der Waals surface area contributed by atoms with E-state index in [0.29, 0.717) is 0 Å². The fourth-order valence-electron chi connectivity index (χ4n) is 2.79. The number of nitrogens with zero attached hydrogens (tertiary/aromatic N) is 1. The van der Waals surface area contributed by atoms with Crippen LogP contribution in [0.3, 0.4) is 0 Å². The van der Waals surface area contributed by atoms with Crippen LogP contribution in [0.25, 0.3) is 0 Å². The first kappa shape index (κ1) is 17.4. The third kappa shape index (κ3) is 5.33. The van der Waals surface area contributed by atoms with E-state index in [1.54, 1.807) is 18.0 Å². The molecule has 1 aliphatic carbocycles. The molecule has 0 aliphatic heterocycles. The van der Waals surface area contributed by atoms with Gasteiger partial charge in [-0.25, -0.2) is 0 Å². The molecule has 2 rings (SSSR count). The van der Waals surface area contributed by atoms with Crippen molar-refractivity contribution < 1.29 is 22.7 Å². The van der Waals surface area contributed by atoms with Crippen molar-refractivity contribution in [2.45, 2.75) is 44.5 Å². The van der Waals surface area contributed by atoms with E-state index in [1.165, 1.54) is 24.6 Å². The molecule has 0 radical (unpaired) electrons. The predicted molar refractivity (Wildman–Crippen MR) is 81.3 cm³/mol. The summed E-state index contributed by atoms with van der Waals surface area (Å²) in [5.41, 5.74) is 0.148. The standard InChI is InChI=1S/C16H21F3N2O2/c1-21(12-7-3-2-4-8-12)15(22)11-20-13-9-5-6-10-14(13)23-16(17,18)19/h5-6,9-10,12,20H,2-4,7-8,11H2,1H3. The lowest BCUT2D eigenvalue weighted by Crippen LogP contribution is -2.41. The normalized spacial score (nSPS) is 16.0. The van der Waals surface area contributed by atoms with Gasteiger partial charge in [0.15, 0.2) is 5.75 Å². The first-order valence-corrected chi connectivity index (χ1v) is 7.71. The second kappa shape index (κ2) is 7.57. The number of hydrogen-bond acceptors (Lipinski definition) is 3. The van der Waals surface area contributed by atoms with Crippen LogP contribution >= 0.6 is 0 Å². The van der Waals surface area contributed by atoms with Crippen LogP contribution in [0.4, 0.5) is 18.9 Å². The fraction of sp³-hybridized carbons (Fsp3) is 0.562. The van der Waals surface area contributed by atoms with Crippen molar-refractivity contribution in [2.75, 3.05) is 18.9 Å². The second-order valence-corrected chi connectivity index (χ2v) is 5.69. The number of carbonyl (C=O) groups is 1. The van der Waals surface area contributed by atoms with Crippen molar-refractivity contribution >= 4 is 11.6 Å². The van der Waals surface area contributed by atoms with Crippen LogP contribution in [-0.2, 0) is 4.79 Å². The zero-order chi connectivity index (χ0) is 16.9. The minimum absolute atomic E-state index is 0.0643. The quantitative estimate of drug-likeness (QED) is 0.893. The first-order valence-electron chi connectivity index (χ1n) is 7.71. The van der Waals surface area contributed by atoms with E-state index in [0.717, 1.165) is 25.7 Å². The molecule has 1 fully saturated rings. The Morgan fingerprint density at radius 1 is 1.26 bits per heavy atom. The van der Waals surface area contributed by atoms with Crippen LogP contribution in [0, 0.1) is 0 Å². The summed E-state index contributed by atoms with van der Waals surface area (Å²) in [4.78, 5) is 13.9. The van der Waals surface area contributed by atoms with E-state index in [-0.39, 0.29) is 29.9 Å². The lowest BCUT2D eigenvalue weighted by Gasteiger charge is -2.31. The Balaban J connectivity index is 1.93. The molecule has 0 atom stereocenters. The minimum Gasteiger partial charge on any atom is -0.404 e. The summed E-state index contributed by atoms with van der Waals surface area (Å²) in [5, 5.41) is 2.74. The molecule has 1 saturated carbocycles. The molecule has 128 valence electrons. The number of para-hydroxylation sites is 2. The van der Waals surface area contributed by atoms with Gasteiger partial charge in [0.25, 0.3) is 0 Å². The number of benzene rings is 1. The number of alkyl halides is 3. The van der Waals surface area contributed by atoms with Gasteiger partial charge in [0.2, 0.25) is 5.91 Å². The number of halogens is 3. The van der Waals surface area contributed by atoms with Gasteiger partial charge in [0.05, 0.1) is 12.2 Å². The summed E-state index contributed by atoms with van der Waals surface area (Å²) in [6.45, 7) is -0.0643. The van der Waals surface area contributed by atoms with Crippen molar-refractivity contribution in [1.82, 2.24) is 4.90 Å². The van der Waals surface area contributed by atoms with Gasteiger partial charge in [-0.15, -0.1) is 13.2 Å². The van der Waals surface area contributed by atoms with Crippen LogP contribution in [-0.4, -0.2) is 36.8 Å². The number of amides is 1. The molecule has 1 N–H and O–H groups in total. The molecule has 0 unspecified atom stereocenters. The Labute approximate surface area is 133 Å². The monoisotopic (exact) mass is 330 g/mol. The molecular weight excluding hydrogens is 309 g/mol. The molecule has 1 aromatic rings. The zero-order valence-electron chi connectivity index (χ0n) is 13.0. The van der Waals surface area contributed by atoms with Gasteiger partial charge in [-0.2, -0.15) is 0 Å². The highest BCUT2D eigenvalue weighted by molar-refractivity contribution is 5.81. The van der Waals surface area contributed by atoms with Crippen LogP contribution in [0.15, 0.2) is 24.3 Å². The molecule has 0 saturated heterocycles. The third-order valence-electron chi connectivity index (χ3n) is 4.06. The smallest absolute Gasteiger partial charge is 0.404 e. The molecule has 4 nitrogen and oxygen atoms in total. The largest absolute Gasteiger partial charge is 0.573 e. The van der Waals surface area contributed by atoms with Gasteiger partial charge < -0.3 is 15.0 Å². The van der Waals surface area contributed by atoms with Crippen LogP contribution in [0.1, 0.15) is 32.1 Å². The highest BCUT2D eigenvalue weighted by Gasteiger charge is 2.32. The van der Waals surface area contributed by atoms with Crippen LogP contribution in [0.5, 0.6) is 5.75 Å². The summed E-state index contributed by atoms with van der Waals surface area (Å²) in [7, 11) is 1.75. The van der Waals surface area contributed by atoms with E-state index in [1.807, 2.05) is 0 Å². The fourth-order valence-corrected chi connectivity index (χ4v) is 2.79. The molecular formula is C16H21F3N2O2. The Morgan fingerprint density at radius 3 is 2.57 bits per heavy atom. The molecule has 0 aromatic heterocycles. The third-order valence-corrected chi connectivity index (χ3v) is 4.06. The highest BCUT2D eigenvalue weighted by Crippen LogP contribution is 2.30. The number of rotatable bonds is 5. The minimum atomic E-state index is -4.76. The molecule has 23 heavy (non-hydrogen) atoms. The summed E-state index contributed by atoms with van der Waals surface area (Å²) < 4.78 is 41.1. The van der Waals surface area contributed by atoms with E-state index >= 15 is 0 Å². The number of likely N-dealkylation sites (N-methyl/N-ethyl adjacent to an activating group) is 1. The maximum absolute atomic E-state index is 12.4.